The van der Waals surface area contributed by atoms with E-state index in [0.29, 0.717) is 0 Å². The van der Waals surface area contributed by atoms with E-state index in [9.17, 15) is 8.78 Å². The molecule has 0 aromatic heterocycles. The van der Waals surface area contributed by atoms with Crippen molar-refractivity contribution >= 4 is 0 Å². The maximum atomic E-state index is 11.4. The van der Waals surface area contributed by atoms with Gasteiger partial charge in [-0.05, 0) is 19.4 Å². The van der Waals surface area contributed by atoms with Gasteiger partial charge in [-0.3, -0.25) is 0 Å². The molecule has 1 aliphatic rings. The van der Waals surface area contributed by atoms with E-state index < -0.39 is 6.61 Å². The van der Waals surface area contributed by atoms with Crippen molar-refractivity contribution in [2.75, 3.05) is 13.2 Å². The Morgan fingerprint density at radius 2 is 2.40 bits per heavy atom. The fourth-order valence-electron chi connectivity index (χ4n) is 1.09. The molecule has 0 aromatic rings. The topological polar surface area (TPSA) is 21.3 Å². The first-order valence-corrected chi connectivity index (χ1v) is 3.42. The minimum atomic E-state index is -2.62. The van der Waals surface area contributed by atoms with Crippen molar-refractivity contribution in [2.45, 2.75) is 25.5 Å². The molecule has 0 bridgehead atoms. The fourth-order valence-corrected chi connectivity index (χ4v) is 1.09. The van der Waals surface area contributed by atoms with Crippen LogP contribution in [0.4, 0.5) is 8.78 Å². The van der Waals surface area contributed by atoms with Gasteiger partial charge >= 0.3 is 6.61 Å². The van der Waals surface area contributed by atoms with Crippen LogP contribution in [0.15, 0.2) is 0 Å². The molecule has 0 spiro atoms. The molecule has 1 atom stereocenters. The monoisotopic (exact) mass is 151 g/mol. The second-order valence-corrected chi connectivity index (χ2v) is 2.39. The first kappa shape index (κ1) is 7.88. The van der Waals surface area contributed by atoms with E-state index in [1.54, 1.807) is 0 Å². The first-order chi connectivity index (χ1) is 4.79. The van der Waals surface area contributed by atoms with Crippen molar-refractivity contribution < 1.29 is 13.5 Å². The molecule has 0 saturated carbocycles. The highest BCUT2D eigenvalue weighted by molar-refractivity contribution is 4.72. The van der Waals surface area contributed by atoms with Gasteiger partial charge in [-0.1, -0.05) is 0 Å². The SMILES string of the molecule is FC(F)OC[C@H]1CCCN1. The Kier molecular flexibility index (Phi) is 3.02. The van der Waals surface area contributed by atoms with E-state index in [2.05, 4.69) is 10.1 Å². The zero-order valence-electron chi connectivity index (χ0n) is 5.65. The van der Waals surface area contributed by atoms with E-state index in [4.69, 9.17) is 0 Å². The van der Waals surface area contributed by atoms with Crippen LogP contribution in [0.25, 0.3) is 0 Å². The summed E-state index contributed by atoms with van der Waals surface area (Å²) < 4.78 is 27.0. The Balaban J connectivity index is 2.01. The third-order valence-corrected chi connectivity index (χ3v) is 1.59. The summed E-state index contributed by atoms with van der Waals surface area (Å²) >= 11 is 0. The van der Waals surface area contributed by atoms with Gasteiger partial charge in [0.1, 0.15) is 0 Å². The summed E-state index contributed by atoms with van der Waals surface area (Å²) in [6.07, 6.45) is 2.02. The Labute approximate surface area is 58.6 Å². The summed E-state index contributed by atoms with van der Waals surface area (Å²) in [5.74, 6) is 0. The number of halogens is 2. The number of hydrogen-bond acceptors (Lipinski definition) is 2. The fraction of sp³-hybridized carbons (Fsp3) is 1.00. The zero-order valence-corrected chi connectivity index (χ0v) is 5.65. The summed E-state index contributed by atoms with van der Waals surface area (Å²) in [6.45, 7) is -1.56. The highest BCUT2D eigenvalue weighted by Gasteiger charge is 2.15. The maximum Gasteiger partial charge on any atom is 0.345 e. The van der Waals surface area contributed by atoms with E-state index in [-0.39, 0.29) is 12.6 Å². The Morgan fingerprint density at radius 1 is 1.60 bits per heavy atom. The summed E-state index contributed by atoms with van der Waals surface area (Å²) in [6, 6.07) is 0.147. The standard InChI is InChI=1S/C6H11F2NO/c7-6(8)10-4-5-2-1-3-9-5/h5-6,9H,1-4H2/t5-/m1/s1. The van der Waals surface area contributed by atoms with E-state index in [0.717, 1.165) is 19.4 Å². The van der Waals surface area contributed by atoms with Crippen LogP contribution in [-0.2, 0) is 4.74 Å². The third kappa shape index (κ3) is 2.58. The Hall–Kier alpha value is -0.220. The second-order valence-electron chi connectivity index (χ2n) is 2.39. The van der Waals surface area contributed by atoms with Gasteiger partial charge in [0.05, 0.1) is 6.61 Å². The van der Waals surface area contributed by atoms with Gasteiger partial charge in [0.15, 0.2) is 0 Å². The van der Waals surface area contributed by atoms with E-state index >= 15 is 0 Å². The Bertz CT molecular complexity index is 93.7. The number of hydrogen-bond donors (Lipinski definition) is 1. The van der Waals surface area contributed by atoms with Crippen molar-refractivity contribution in [2.24, 2.45) is 0 Å². The molecule has 0 unspecified atom stereocenters. The lowest BCUT2D eigenvalue weighted by atomic mass is 10.2. The smallest absolute Gasteiger partial charge is 0.321 e. The molecule has 1 saturated heterocycles. The van der Waals surface area contributed by atoms with Crippen LogP contribution in [0, 0.1) is 0 Å². The largest absolute Gasteiger partial charge is 0.345 e. The lowest BCUT2D eigenvalue weighted by molar-refractivity contribution is -0.132. The minimum Gasteiger partial charge on any atom is -0.321 e. The molecule has 60 valence electrons. The minimum absolute atomic E-state index is 0.137. The summed E-state index contributed by atoms with van der Waals surface area (Å²) in [5.41, 5.74) is 0. The van der Waals surface area contributed by atoms with Gasteiger partial charge in [0.25, 0.3) is 0 Å². The lowest BCUT2D eigenvalue weighted by Gasteiger charge is -2.08. The molecule has 1 N–H and O–H groups in total. The molecule has 0 amide bonds. The normalized spacial score (nSPS) is 26.1. The van der Waals surface area contributed by atoms with Gasteiger partial charge in [0, 0.05) is 6.04 Å². The molecule has 10 heavy (non-hydrogen) atoms. The third-order valence-electron chi connectivity index (χ3n) is 1.59. The van der Waals surface area contributed by atoms with Crippen molar-refractivity contribution in [3.63, 3.8) is 0 Å². The summed E-state index contributed by atoms with van der Waals surface area (Å²) in [7, 11) is 0. The molecule has 1 aliphatic heterocycles. The quantitative estimate of drug-likeness (QED) is 0.649. The average molecular weight is 151 g/mol. The van der Waals surface area contributed by atoms with Gasteiger partial charge in [0.2, 0.25) is 0 Å². The second kappa shape index (κ2) is 3.83. The van der Waals surface area contributed by atoms with Crippen LogP contribution in [0.1, 0.15) is 12.8 Å². The zero-order chi connectivity index (χ0) is 7.40. The van der Waals surface area contributed by atoms with Crippen LogP contribution >= 0.6 is 0 Å². The first-order valence-electron chi connectivity index (χ1n) is 3.42. The van der Waals surface area contributed by atoms with Crippen molar-refractivity contribution in [1.82, 2.24) is 5.32 Å². The van der Waals surface area contributed by atoms with Gasteiger partial charge in [-0.25, -0.2) is 0 Å². The molecule has 1 rings (SSSR count). The maximum absolute atomic E-state index is 11.4. The predicted octanol–water partition coefficient (Wildman–Crippen LogP) is 0.978. The van der Waals surface area contributed by atoms with Gasteiger partial charge < -0.3 is 10.1 Å². The molecule has 0 radical (unpaired) electrons. The summed E-state index contributed by atoms with van der Waals surface area (Å²) in [4.78, 5) is 0. The van der Waals surface area contributed by atoms with Crippen LogP contribution < -0.4 is 5.32 Å². The lowest BCUT2D eigenvalue weighted by Crippen LogP contribution is -2.27. The Morgan fingerprint density at radius 3 is 2.90 bits per heavy atom. The molecule has 2 nitrogen and oxygen atoms in total. The van der Waals surface area contributed by atoms with Crippen LogP contribution in [0.5, 0.6) is 0 Å². The van der Waals surface area contributed by atoms with Crippen LogP contribution in [0.2, 0.25) is 0 Å². The number of rotatable bonds is 3. The number of ether oxygens (including phenoxy) is 1. The van der Waals surface area contributed by atoms with Gasteiger partial charge in [-0.2, -0.15) is 8.78 Å². The van der Waals surface area contributed by atoms with Crippen LogP contribution in [-0.4, -0.2) is 25.8 Å². The van der Waals surface area contributed by atoms with Crippen molar-refractivity contribution in [1.29, 1.82) is 0 Å². The molecular formula is C6H11F2NO. The number of alkyl halides is 2. The molecule has 1 fully saturated rings. The number of nitrogens with one attached hydrogen (secondary N) is 1. The molecule has 0 aliphatic carbocycles. The highest BCUT2D eigenvalue weighted by Crippen LogP contribution is 2.06. The van der Waals surface area contributed by atoms with Gasteiger partial charge in [-0.15, -0.1) is 0 Å². The molecule has 1 heterocycles. The summed E-state index contributed by atoms with van der Waals surface area (Å²) in [5, 5.41) is 3.05. The predicted molar refractivity (Wildman–Crippen MR) is 33.0 cm³/mol. The molecule has 0 aromatic carbocycles. The van der Waals surface area contributed by atoms with Crippen LogP contribution in [0.3, 0.4) is 0 Å². The van der Waals surface area contributed by atoms with E-state index in [1.807, 2.05) is 0 Å². The average Bonchev–Trinajstić information content (AvgIpc) is 2.34. The molecular weight excluding hydrogens is 140 g/mol. The van der Waals surface area contributed by atoms with Crippen molar-refractivity contribution in [3.8, 4) is 0 Å². The molecule has 4 heteroatoms. The van der Waals surface area contributed by atoms with Crippen molar-refractivity contribution in [3.05, 3.63) is 0 Å². The van der Waals surface area contributed by atoms with E-state index in [1.165, 1.54) is 0 Å². The highest BCUT2D eigenvalue weighted by atomic mass is 19.3.